The molecule has 1 aromatic rings. The minimum absolute atomic E-state index is 0.0137. The van der Waals surface area contributed by atoms with Crippen LogP contribution in [-0.2, 0) is 39.3 Å². The molecule has 1 heterocycles. The molecule has 6 rings (SSSR count). The monoisotopic (exact) mass is 768 g/mol. The van der Waals surface area contributed by atoms with Crippen molar-refractivity contribution >= 4 is 5.57 Å². The fourth-order valence-electron chi connectivity index (χ4n) is 11.5. The zero-order valence-electron chi connectivity index (χ0n) is 33.2. The van der Waals surface area contributed by atoms with Gasteiger partial charge in [-0.25, -0.2) is 0 Å². The molecule has 1 aromatic carbocycles. The SMILES string of the molecule is CCOCO[C@]12CC=C(c3cccc(C(F)(F)F)c3)[C@@]1(C)CC[C@H]1[C@H]2CC[C@@H]2C[C@@H](O[C@@H]3O[C@@H](C)[C@@](O)(COCC)[C@@H](OC)[C@@]3(O)COCC)CC[C@@]21C. The summed E-state index contributed by atoms with van der Waals surface area (Å²) in [4.78, 5) is 0. The van der Waals surface area contributed by atoms with E-state index in [1.807, 2.05) is 20.8 Å². The van der Waals surface area contributed by atoms with Gasteiger partial charge in [0.25, 0.3) is 0 Å². The second-order valence-electron chi connectivity index (χ2n) is 16.9. The highest BCUT2D eigenvalue weighted by Crippen LogP contribution is 2.70. The van der Waals surface area contributed by atoms with Gasteiger partial charge in [0, 0.05) is 32.3 Å². The van der Waals surface area contributed by atoms with Gasteiger partial charge in [0.15, 0.2) is 11.9 Å². The Bertz CT molecular complexity index is 1470. The quantitative estimate of drug-likeness (QED) is 0.113. The second kappa shape index (κ2) is 16.0. The van der Waals surface area contributed by atoms with Crippen LogP contribution >= 0.6 is 0 Å². The molecule has 0 amide bonds. The summed E-state index contributed by atoms with van der Waals surface area (Å²) in [6.45, 7) is 13.1. The molecule has 0 aromatic heterocycles. The minimum atomic E-state index is -4.42. The standard InChI is InChI=1S/C42H63F3O9/c1-8-49-24-39(46)27(4)53-36(40(47,25-50-9-2)35(39)48-7)54-31-16-19-37(5)29(23-31)14-15-34-33(37)17-20-38(6)32(18-21-41(34,38)52-26-51-10-3)28-12-11-13-30(22-28)42(43,44)45/h11-13,18,22,27,29,31,33-36,46-47H,8-10,14-17,19-21,23-26H2,1-7H3/t27-,29+,31-,33-,34+,35+,36-,37-,38+,39-,40-,41-/m0/s1. The van der Waals surface area contributed by atoms with Gasteiger partial charge in [-0.1, -0.05) is 32.1 Å². The van der Waals surface area contributed by atoms with Crippen molar-refractivity contribution in [1.82, 2.24) is 0 Å². The van der Waals surface area contributed by atoms with Gasteiger partial charge in [-0.2, -0.15) is 13.2 Å². The van der Waals surface area contributed by atoms with Crippen molar-refractivity contribution < 1.29 is 56.5 Å². The van der Waals surface area contributed by atoms with Crippen LogP contribution in [0.25, 0.3) is 5.57 Å². The van der Waals surface area contributed by atoms with Crippen LogP contribution in [0.3, 0.4) is 0 Å². The number of alkyl halides is 3. The first-order valence-corrected chi connectivity index (χ1v) is 20.1. The first-order valence-electron chi connectivity index (χ1n) is 20.1. The molecule has 5 aliphatic rings. The number of ether oxygens (including phenoxy) is 7. The molecule has 4 aliphatic carbocycles. The molecule has 12 atom stereocenters. The van der Waals surface area contributed by atoms with Crippen LogP contribution in [0.2, 0.25) is 0 Å². The number of benzene rings is 1. The molecular weight excluding hydrogens is 705 g/mol. The van der Waals surface area contributed by atoms with E-state index in [0.717, 1.165) is 56.6 Å². The second-order valence-corrected chi connectivity index (χ2v) is 16.9. The van der Waals surface area contributed by atoms with Crippen molar-refractivity contribution in [1.29, 1.82) is 0 Å². The molecule has 306 valence electrons. The maximum absolute atomic E-state index is 13.8. The first kappa shape index (κ1) is 42.0. The summed E-state index contributed by atoms with van der Waals surface area (Å²) in [5.41, 5.74) is -3.62. The third-order valence-corrected chi connectivity index (χ3v) is 14.4. The Balaban J connectivity index is 1.23. The average Bonchev–Trinajstić information content (AvgIpc) is 3.45. The molecule has 1 aliphatic heterocycles. The lowest BCUT2D eigenvalue weighted by Crippen LogP contribution is -2.75. The number of fused-ring (bicyclic) bond motifs is 5. The molecule has 9 nitrogen and oxygen atoms in total. The predicted molar refractivity (Wildman–Crippen MR) is 196 cm³/mol. The van der Waals surface area contributed by atoms with Crippen LogP contribution in [0.15, 0.2) is 30.3 Å². The van der Waals surface area contributed by atoms with E-state index in [4.69, 9.17) is 33.2 Å². The zero-order chi connectivity index (χ0) is 39.2. The summed E-state index contributed by atoms with van der Waals surface area (Å²) in [5.74, 6) is 0.880. The number of halogens is 3. The van der Waals surface area contributed by atoms with Crippen LogP contribution in [0.1, 0.15) is 104 Å². The van der Waals surface area contributed by atoms with Gasteiger partial charge in [0.2, 0.25) is 0 Å². The molecule has 1 saturated heterocycles. The van der Waals surface area contributed by atoms with Crippen LogP contribution < -0.4 is 0 Å². The number of rotatable bonds is 14. The highest BCUT2D eigenvalue weighted by Gasteiger charge is 2.68. The van der Waals surface area contributed by atoms with Gasteiger partial charge in [0.05, 0.1) is 36.6 Å². The zero-order valence-corrected chi connectivity index (χ0v) is 33.2. The lowest BCUT2D eigenvalue weighted by Gasteiger charge is -2.64. The van der Waals surface area contributed by atoms with Crippen molar-refractivity contribution in [2.75, 3.05) is 46.9 Å². The average molecular weight is 769 g/mol. The number of methoxy groups -OCH3 is 1. The van der Waals surface area contributed by atoms with E-state index in [-0.39, 0.29) is 37.4 Å². The van der Waals surface area contributed by atoms with Crippen LogP contribution in [0.4, 0.5) is 13.2 Å². The lowest BCUT2D eigenvalue weighted by atomic mass is 9.43. The van der Waals surface area contributed by atoms with Gasteiger partial charge < -0.3 is 43.4 Å². The van der Waals surface area contributed by atoms with E-state index >= 15 is 0 Å². The van der Waals surface area contributed by atoms with E-state index in [1.54, 1.807) is 13.0 Å². The largest absolute Gasteiger partial charge is 0.416 e. The number of hydrogen-bond acceptors (Lipinski definition) is 9. The molecule has 4 fully saturated rings. The summed E-state index contributed by atoms with van der Waals surface area (Å²) >= 11 is 0. The molecule has 2 N–H and O–H groups in total. The van der Waals surface area contributed by atoms with Gasteiger partial charge in [-0.15, -0.1) is 0 Å². The highest BCUT2D eigenvalue weighted by atomic mass is 19.4. The Morgan fingerprint density at radius 2 is 1.59 bits per heavy atom. The molecule has 3 saturated carbocycles. The third-order valence-electron chi connectivity index (χ3n) is 14.4. The summed E-state index contributed by atoms with van der Waals surface area (Å²) in [6.07, 6.45) is 1.27. The van der Waals surface area contributed by atoms with Crippen molar-refractivity contribution in [3.63, 3.8) is 0 Å². The Kier molecular flexibility index (Phi) is 12.4. The van der Waals surface area contributed by atoms with Crippen molar-refractivity contribution in [3.05, 3.63) is 41.5 Å². The molecule has 54 heavy (non-hydrogen) atoms. The van der Waals surface area contributed by atoms with Crippen LogP contribution in [-0.4, -0.2) is 98.6 Å². The van der Waals surface area contributed by atoms with Gasteiger partial charge in [-0.3, -0.25) is 0 Å². The van der Waals surface area contributed by atoms with Crippen LogP contribution in [0.5, 0.6) is 0 Å². The third kappa shape index (κ3) is 7.01. The Morgan fingerprint density at radius 3 is 2.26 bits per heavy atom. The summed E-state index contributed by atoms with van der Waals surface area (Å²) < 4.78 is 84.5. The lowest BCUT2D eigenvalue weighted by molar-refractivity contribution is -0.386. The molecule has 12 heteroatoms. The van der Waals surface area contributed by atoms with Crippen LogP contribution in [0, 0.1) is 28.6 Å². The van der Waals surface area contributed by atoms with Crippen molar-refractivity contribution in [2.45, 2.75) is 140 Å². The summed E-state index contributed by atoms with van der Waals surface area (Å²) in [6, 6.07) is 5.74. The molecule has 0 radical (unpaired) electrons. The maximum atomic E-state index is 13.8. The number of aliphatic hydroxyl groups is 2. The van der Waals surface area contributed by atoms with Crippen molar-refractivity contribution in [2.24, 2.45) is 28.6 Å². The van der Waals surface area contributed by atoms with E-state index in [9.17, 15) is 23.4 Å². The van der Waals surface area contributed by atoms with Gasteiger partial charge in [-0.05, 0) is 125 Å². The number of hydrogen-bond donors (Lipinski definition) is 2. The Morgan fingerprint density at radius 1 is 0.889 bits per heavy atom. The maximum Gasteiger partial charge on any atom is 0.416 e. The van der Waals surface area contributed by atoms with E-state index in [2.05, 4.69) is 19.9 Å². The minimum Gasteiger partial charge on any atom is -0.382 e. The molecule has 0 bridgehead atoms. The highest BCUT2D eigenvalue weighted by molar-refractivity contribution is 5.75. The summed E-state index contributed by atoms with van der Waals surface area (Å²) in [7, 11) is 1.46. The molecular formula is C42H63F3O9. The predicted octanol–water partition coefficient (Wildman–Crippen LogP) is 7.55. The Labute approximate surface area is 319 Å². The Hall–Kier alpha value is -1.61. The van der Waals surface area contributed by atoms with Gasteiger partial charge >= 0.3 is 6.18 Å². The van der Waals surface area contributed by atoms with Gasteiger partial charge in [0.1, 0.15) is 18.5 Å². The fraction of sp³-hybridized carbons (Fsp3) is 0.810. The van der Waals surface area contributed by atoms with E-state index < -0.39 is 52.5 Å². The molecule has 0 spiro atoms. The fourth-order valence-corrected chi connectivity index (χ4v) is 11.5. The topological polar surface area (TPSA) is 105 Å². The molecule has 0 unspecified atom stereocenters. The smallest absolute Gasteiger partial charge is 0.382 e. The first-order chi connectivity index (χ1) is 25.6. The summed E-state index contributed by atoms with van der Waals surface area (Å²) in [5, 5.41) is 24.0. The normalized spacial score (nSPS) is 42.2. The van der Waals surface area contributed by atoms with Crippen molar-refractivity contribution in [3.8, 4) is 0 Å². The van der Waals surface area contributed by atoms with E-state index in [1.165, 1.54) is 19.2 Å². The van der Waals surface area contributed by atoms with E-state index in [0.29, 0.717) is 43.6 Å².